The molecule has 0 atom stereocenters. The number of aromatic nitrogens is 3. The zero-order chi connectivity index (χ0) is 30.6. The number of hydrogen-bond acceptors (Lipinski definition) is 8. The number of amidine groups is 1. The van der Waals surface area contributed by atoms with E-state index in [0.717, 1.165) is 17.3 Å². The molecule has 0 spiro atoms. The first-order chi connectivity index (χ1) is 20.6. The monoisotopic (exact) mass is 609 g/mol. The van der Waals surface area contributed by atoms with Crippen molar-refractivity contribution in [1.82, 2.24) is 20.2 Å². The molecule has 0 unspecified atom stereocenters. The molecule has 11 nitrogen and oxygen atoms in total. The number of hydrogen-bond donors (Lipinski definition) is 1. The molecule has 15 heteroatoms. The minimum absolute atomic E-state index is 0.156. The van der Waals surface area contributed by atoms with Crippen LogP contribution in [0, 0.1) is 6.92 Å². The smallest absolute Gasteiger partial charge is 0.497 e. The number of thioether (sulfide) groups is 1. The van der Waals surface area contributed by atoms with Crippen molar-refractivity contribution in [3.63, 3.8) is 0 Å². The summed E-state index contributed by atoms with van der Waals surface area (Å²) < 4.78 is 47.6. The number of aryl methyl sites for hydroxylation is 1. The van der Waals surface area contributed by atoms with Gasteiger partial charge in [0.15, 0.2) is 11.0 Å². The van der Waals surface area contributed by atoms with Gasteiger partial charge in [-0.1, -0.05) is 36.0 Å². The number of carbonyl (C=O) groups is 2. The van der Waals surface area contributed by atoms with Gasteiger partial charge < -0.3 is 9.47 Å². The number of ether oxygens (including phenoxy) is 2. The molecule has 0 aliphatic carbocycles. The predicted molar refractivity (Wildman–Crippen MR) is 155 cm³/mol. The second-order valence-corrected chi connectivity index (χ2v) is 9.86. The summed E-state index contributed by atoms with van der Waals surface area (Å²) in [5.74, 6) is 0.668. The van der Waals surface area contributed by atoms with E-state index in [9.17, 15) is 22.8 Å². The molecule has 2 heterocycles. The number of hydrazone groups is 1. The van der Waals surface area contributed by atoms with Crippen LogP contribution in [0.1, 0.15) is 11.1 Å². The van der Waals surface area contributed by atoms with Crippen LogP contribution in [0.4, 0.5) is 23.7 Å². The highest BCUT2D eigenvalue weighted by Crippen LogP contribution is 2.31. The van der Waals surface area contributed by atoms with E-state index in [1.165, 1.54) is 46.4 Å². The fraction of sp³-hybridized carbons (Fsp3) is 0.143. The van der Waals surface area contributed by atoms with Gasteiger partial charge in [-0.3, -0.25) is 9.69 Å². The van der Waals surface area contributed by atoms with Gasteiger partial charge in [-0.15, -0.1) is 18.3 Å². The number of benzene rings is 3. The van der Waals surface area contributed by atoms with E-state index in [1.807, 2.05) is 6.92 Å². The Kier molecular flexibility index (Phi) is 8.43. The molecule has 1 aliphatic rings. The highest BCUT2D eigenvalue weighted by Gasteiger charge is 2.32. The first kappa shape index (κ1) is 29.3. The number of methoxy groups -OCH3 is 1. The van der Waals surface area contributed by atoms with Crippen LogP contribution in [0.3, 0.4) is 0 Å². The summed E-state index contributed by atoms with van der Waals surface area (Å²) in [5.41, 5.74) is 5.58. The van der Waals surface area contributed by atoms with E-state index < -0.39 is 12.4 Å². The molecule has 1 aromatic heterocycles. The number of nitrogens with one attached hydrogen (secondary N) is 1. The molecule has 1 saturated heterocycles. The summed E-state index contributed by atoms with van der Waals surface area (Å²) in [6, 6.07) is 16.7. The Morgan fingerprint density at radius 3 is 2.47 bits per heavy atom. The van der Waals surface area contributed by atoms with Crippen molar-refractivity contribution in [2.24, 2.45) is 10.1 Å². The van der Waals surface area contributed by atoms with Gasteiger partial charge in [0.2, 0.25) is 5.91 Å². The molecule has 0 bridgehead atoms. The van der Waals surface area contributed by atoms with Crippen LogP contribution in [0.25, 0.3) is 17.1 Å². The van der Waals surface area contributed by atoms with Crippen molar-refractivity contribution < 1.29 is 32.2 Å². The molecule has 0 saturated carbocycles. The number of anilines is 1. The quantitative estimate of drug-likeness (QED) is 0.222. The lowest BCUT2D eigenvalue weighted by Crippen LogP contribution is -2.31. The van der Waals surface area contributed by atoms with Crippen LogP contribution in [0.5, 0.6) is 11.5 Å². The zero-order valence-electron chi connectivity index (χ0n) is 22.6. The summed E-state index contributed by atoms with van der Waals surface area (Å²) in [6.07, 6.45) is -1.90. The maximum absolute atomic E-state index is 12.5. The second-order valence-electron chi connectivity index (χ2n) is 8.92. The maximum Gasteiger partial charge on any atom is 0.573 e. The number of carbonyl (C=O) groups excluding carboxylic acids is 2. The minimum atomic E-state index is -4.77. The molecule has 1 fully saturated rings. The Balaban J connectivity index is 1.20. The number of aliphatic imine (C=N–C) groups is 1. The summed E-state index contributed by atoms with van der Waals surface area (Å²) >= 11 is 1.15. The molecule has 1 N–H and O–H groups in total. The third kappa shape index (κ3) is 7.19. The maximum atomic E-state index is 12.5. The zero-order valence-corrected chi connectivity index (χ0v) is 23.4. The fourth-order valence-corrected chi connectivity index (χ4v) is 4.86. The molecule has 1 aliphatic heterocycles. The number of urea groups is 1. The van der Waals surface area contributed by atoms with Crippen molar-refractivity contribution in [2.45, 2.75) is 13.3 Å². The molecule has 0 radical (unpaired) electrons. The van der Waals surface area contributed by atoms with Gasteiger partial charge in [-0.05, 0) is 60.5 Å². The molecule has 3 aromatic carbocycles. The number of halogens is 3. The Morgan fingerprint density at radius 2 is 1.79 bits per heavy atom. The highest BCUT2D eigenvalue weighted by molar-refractivity contribution is 8.15. The fourth-order valence-electron chi connectivity index (χ4n) is 4.00. The number of nitrogens with zero attached hydrogens (tertiary/aromatic N) is 6. The number of rotatable bonds is 7. The molecule has 5 rings (SSSR count). The second kappa shape index (κ2) is 12.4. The highest BCUT2D eigenvalue weighted by atomic mass is 32.2. The van der Waals surface area contributed by atoms with Crippen LogP contribution in [0.15, 0.2) is 83.2 Å². The molecule has 43 heavy (non-hydrogen) atoms. The molecular formula is C28H22F3N7O4S. The topological polar surface area (TPSA) is 123 Å². The molecule has 220 valence electrons. The summed E-state index contributed by atoms with van der Waals surface area (Å²) in [7, 11) is 1.55. The van der Waals surface area contributed by atoms with Crippen molar-refractivity contribution >= 4 is 40.8 Å². The SMILES string of the molecule is COc1ccc(N2C(=O)CS/C2=N\C(=O)N/N=C/c2ccc(-c3ncn(-c4ccc(OC(F)(F)F)cc4)n3)cc2)c(C)c1. The average Bonchev–Trinajstić information content (AvgIpc) is 3.60. The van der Waals surface area contributed by atoms with Gasteiger partial charge in [-0.2, -0.15) is 10.1 Å². The summed E-state index contributed by atoms with van der Waals surface area (Å²) in [4.78, 5) is 34.6. The van der Waals surface area contributed by atoms with Gasteiger partial charge in [0.1, 0.15) is 17.8 Å². The largest absolute Gasteiger partial charge is 0.573 e. The van der Waals surface area contributed by atoms with Crippen LogP contribution < -0.4 is 19.8 Å². The van der Waals surface area contributed by atoms with Crippen LogP contribution >= 0.6 is 11.8 Å². The molecule has 3 amide bonds. The standard InChI is InChI=1S/C28H22F3N7O4S/c1-17-13-22(41-2)11-12-23(17)38-24(39)15-43-27(38)34-26(40)35-33-14-18-3-5-19(6-4-18)25-32-16-37(36-25)20-7-9-21(10-8-20)42-28(29,30)31/h3-14,16H,15H2,1-2H3,(H,35,40)/b33-14+,34-27-. The first-order valence-corrected chi connectivity index (χ1v) is 13.5. The van der Waals surface area contributed by atoms with Crippen molar-refractivity contribution in [2.75, 3.05) is 17.8 Å². The first-order valence-electron chi connectivity index (χ1n) is 12.5. The van der Waals surface area contributed by atoms with Gasteiger partial charge in [0, 0.05) is 5.56 Å². The van der Waals surface area contributed by atoms with E-state index in [-0.39, 0.29) is 22.6 Å². The Labute approximate surface area is 247 Å². The number of alkyl halides is 3. The predicted octanol–water partition coefficient (Wildman–Crippen LogP) is 5.33. The normalized spacial score (nSPS) is 14.5. The van der Waals surface area contributed by atoms with Gasteiger partial charge in [0.25, 0.3) is 0 Å². The van der Waals surface area contributed by atoms with Gasteiger partial charge >= 0.3 is 12.4 Å². The third-order valence-corrected chi connectivity index (χ3v) is 6.90. The minimum Gasteiger partial charge on any atom is -0.497 e. The van der Waals surface area contributed by atoms with Crippen molar-refractivity contribution in [3.05, 3.63) is 84.2 Å². The Morgan fingerprint density at radius 1 is 1.07 bits per heavy atom. The third-order valence-electron chi connectivity index (χ3n) is 5.98. The van der Waals surface area contributed by atoms with E-state index in [2.05, 4.69) is 30.3 Å². The van der Waals surface area contributed by atoms with Gasteiger partial charge in [-0.25, -0.2) is 19.9 Å². The van der Waals surface area contributed by atoms with Gasteiger partial charge in [0.05, 0.1) is 30.5 Å². The van der Waals surface area contributed by atoms with Crippen LogP contribution in [0.2, 0.25) is 0 Å². The average molecular weight is 610 g/mol. The van der Waals surface area contributed by atoms with E-state index in [4.69, 9.17) is 4.74 Å². The lowest BCUT2D eigenvalue weighted by atomic mass is 10.1. The summed E-state index contributed by atoms with van der Waals surface area (Å²) in [6.45, 7) is 1.84. The lowest BCUT2D eigenvalue weighted by Gasteiger charge is -2.18. The van der Waals surface area contributed by atoms with Crippen LogP contribution in [-0.2, 0) is 4.79 Å². The summed E-state index contributed by atoms with van der Waals surface area (Å²) in [5, 5.41) is 8.55. The van der Waals surface area contributed by atoms with E-state index >= 15 is 0 Å². The van der Waals surface area contributed by atoms with E-state index in [0.29, 0.717) is 34.1 Å². The molecule has 4 aromatic rings. The lowest BCUT2D eigenvalue weighted by molar-refractivity contribution is -0.274. The van der Waals surface area contributed by atoms with Crippen molar-refractivity contribution in [1.29, 1.82) is 0 Å². The van der Waals surface area contributed by atoms with Crippen molar-refractivity contribution in [3.8, 4) is 28.6 Å². The number of amides is 3. The van der Waals surface area contributed by atoms with E-state index in [1.54, 1.807) is 49.6 Å². The Hall–Kier alpha value is -5.18. The van der Waals surface area contributed by atoms with Crippen LogP contribution in [-0.4, -0.2) is 57.3 Å². The Bertz CT molecular complexity index is 1700. The molecular weight excluding hydrogens is 587 g/mol.